The molecule has 2 N–H and O–H groups in total. The highest BCUT2D eigenvalue weighted by Gasteiger charge is 2.17. The van der Waals surface area contributed by atoms with Crippen LogP contribution in [0.3, 0.4) is 0 Å². The Balaban J connectivity index is 1.87. The number of hydrogen-bond acceptors (Lipinski definition) is 3. The van der Waals surface area contributed by atoms with E-state index in [-0.39, 0.29) is 23.8 Å². The number of benzene rings is 1. The van der Waals surface area contributed by atoms with E-state index in [1.54, 1.807) is 19.1 Å². The maximum Gasteiger partial charge on any atom is 0.276 e. The van der Waals surface area contributed by atoms with Crippen LogP contribution in [0, 0.1) is 12.7 Å². The SMILES string of the molecule is CCCc1c(C)nc2c(C(=O)NCc3ccc(F)cc3)c[nH]n2c1=O. The summed E-state index contributed by atoms with van der Waals surface area (Å²) < 4.78 is 14.2. The zero-order valence-electron chi connectivity index (χ0n) is 14.1. The predicted molar refractivity (Wildman–Crippen MR) is 92.1 cm³/mol. The van der Waals surface area contributed by atoms with Crippen molar-refractivity contribution in [1.82, 2.24) is 19.9 Å². The summed E-state index contributed by atoms with van der Waals surface area (Å²) in [5.74, 6) is -0.675. The molecular formula is C18H19FN4O2. The second-order valence-electron chi connectivity index (χ2n) is 5.89. The fourth-order valence-corrected chi connectivity index (χ4v) is 2.74. The van der Waals surface area contributed by atoms with E-state index in [0.29, 0.717) is 28.9 Å². The topological polar surface area (TPSA) is 79.3 Å². The minimum atomic E-state index is -0.349. The van der Waals surface area contributed by atoms with E-state index in [4.69, 9.17) is 0 Å². The smallest absolute Gasteiger partial charge is 0.276 e. The summed E-state index contributed by atoms with van der Waals surface area (Å²) in [5, 5.41) is 5.56. The fourth-order valence-electron chi connectivity index (χ4n) is 2.74. The Morgan fingerprint density at radius 2 is 2.04 bits per heavy atom. The van der Waals surface area contributed by atoms with Crippen molar-refractivity contribution in [3.8, 4) is 0 Å². The Morgan fingerprint density at radius 1 is 1.32 bits per heavy atom. The summed E-state index contributed by atoms with van der Waals surface area (Å²) in [5.41, 5.74) is 2.49. The number of aromatic amines is 1. The number of halogens is 1. The Bertz CT molecular complexity index is 973. The summed E-state index contributed by atoms with van der Waals surface area (Å²) in [7, 11) is 0. The predicted octanol–water partition coefficient (Wildman–Crippen LogP) is 2.35. The quantitative estimate of drug-likeness (QED) is 0.747. The zero-order valence-corrected chi connectivity index (χ0v) is 14.1. The van der Waals surface area contributed by atoms with Crippen LogP contribution in [-0.4, -0.2) is 20.5 Å². The van der Waals surface area contributed by atoms with Gasteiger partial charge in [-0.3, -0.25) is 14.7 Å². The Kier molecular flexibility index (Phi) is 4.65. The van der Waals surface area contributed by atoms with Gasteiger partial charge < -0.3 is 5.32 Å². The molecule has 130 valence electrons. The van der Waals surface area contributed by atoms with Gasteiger partial charge in [0.15, 0.2) is 5.65 Å². The number of hydrogen-bond donors (Lipinski definition) is 2. The number of nitrogens with one attached hydrogen (secondary N) is 2. The Labute approximate surface area is 143 Å². The lowest BCUT2D eigenvalue weighted by molar-refractivity contribution is 0.0952. The molecule has 6 nitrogen and oxygen atoms in total. The van der Waals surface area contributed by atoms with Gasteiger partial charge in [0.1, 0.15) is 11.4 Å². The third-order valence-corrected chi connectivity index (χ3v) is 4.07. The molecule has 25 heavy (non-hydrogen) atoms. The number of amides is 1. The number of fused-ring (bicyclic) bond motifs is 1. The van der Waals surface area contributed by atoms with Gasteiger partial charge in [-0.1, -0.05) is 25.5 Å². The molecule has 0 atom stereocenters. The maximum absolute atomic E-state index is 12.9. The van der Waals surface area contributed by atoms with E-state index in [2.05, 4.69) is 15.4 Å². The number of aryl methyl sites for hydroxylation is 1. The van der Waals surface area contributed by atoms with Crippen molar-refractivity contribution in [3.63, 3.8) is 0 Å². The molecule has 3 rings (SSSR count). The number of nitrogens with zero attached hydrogens (tertiary/aromatic N) is 2. The number of aromatic nitrogens is 3. The van der Waals surface area contributed by atoms with Crippen LogP contribution >= 0.6 is 0 Å². The van der Waals surface area contributed by atoms with Crippen LogP contribution in [0.25, 0.3) is 5.65 Å². The lowest BCUT2D eigenvalue weighted by Gasteiger charge is -2.06. The monoisotopic (exact) mass is 342 g/mol. The van der Waals surface area contributed by atoms with Crippen molar-refractivity contribution in [3.05, 3.63) is 69.0 Å². The molecule has 1 amide bonds. The third kappa shape index (κ3) is 3.31. The first-order chi connectivity index (χ1) is 12.0. The molecule has 0 fully saturated rings. The van der Waals surface area contributed by atoms with Crippen LogP contribution in [0.4, 0.5) is 4.39 Å². The van der Waals surface area contributed by atoms with Crippen molar-refractivity contribution < 1.29 is 9.18 Å². The Hall–Kier alpha value is -2.96. The molecule has 7 heteroatoms. The first-order valence-corrected chi connectivity index (χ1v) is 8.13. The van der Waals surface area contributed by atoms with Crippen LogP contribution in [-0.2, 0) is 13.0 Å². The summed E-state index contributed by atoms with van der Waals surface area (Å²) in [6.07, 6.45) is 2.96. The van der Waals surface area contributed by atoms with Crippen molar-refractivity contribution in [2.24, 2.45) is 0 Å². The van der Waals surface area contributed by atoms with Crippen LogP contribution in [0.2, 0.25) is 0 Å². The van der Waals surface area contributed by atoms with Crippen LogP contribution in [0.5, 0.6) is 0 Å². The summed E-state index contributed by atoms with van der Waals surface area (Å²) in [4.78, 5) is 29.4. The number of carbonyl (C=O) groups excluding carboxylic acids is 1. The first kappa shape index (κ1) is 16.9. The fraction of sp³-hybridized carbons (Fsp3) is 0.278. The molecule has 0 unspecified atom stereocenters. The number of carbonyl (C=O) groups is 1. The molecule has 0 saturated carbocycles. The highest BCUT2D eigenvalue weighted by molar-refractivity contribution is 5.99. The minimum absolute atomic E-state index is 0.179. The van der Waals surface area contributed by atoms with E-state index in [1.165, 1.54) is 22.8 Å². The minimum Gasteiger partial charge on any atom is -0.348 e. The summed E-state index contributed by atoms with van der Waals surface area (Å²) >= 11 is 0. The number of rotatable bonds is 5. The van der Waals surface area contributed by atoms with Gasteiger partial charge in [-0.05, 0) is 31.0 Å². The number of H-pyrrole nitrogens is 1. The van der Waals surface area contributed by atoms with Crippen molar-refractivity contribution >= 4 is 11.6 Å². The zero-order chi connectivity index (χ0) is 18.0. The van der Waals surface area contributed by atoms with Gasteiger partial charge in [-0.2, -0.15) is 0 Å². The summed E-state index contributed by atoms with van der Waals surface area (Å²) in [6, 6.07) is 5.89. The lowest BCUT2D eigenvalue weighted by atomic mass is 10.1. The highest BCUT2D eigenvalue weighted by Crippen LogP contribution is 2.11. The van der Waals surface area contributed by atoms with E-state index >= 15 is 0 Å². The molecule has 0 bridgehead atoms. The lowest BCUT2D eigenvalue weighted by Crippen LogP contribution is -2.25. The molecule has 2 aromatic heterocycles. The van der Waals surface area contributed by atoms with E-state index in [1.807, 2.05) is 6.92 Å². The molecule has 0 aliphatic carbocycles. The largest absolute Gasteiger partial charge is 0.348 e. The molecule has 0 aliphatic heterocycles. The van der Waals surface area contributed by atoms with Crippen LogP contribution in [0.15, 0.2) is 35.3 Å². The molecular weight excluding hydrogens is 323 g/mol. The second kappa shape index (κ2) is 6.88. The van der Waals surface area contributed by atoms with Gasteiger partial charge in [0.05, 0.1) is 0 Å². The van der Waals surface area contributed by atoms with Gasteiger partial charge in [-0.15, -0.1) is 0 Å². The maximum atomic E-state index is 12.9. The van der Waals surface area contributed by atoms with Crippen molar-refractivity contribution in [2.45, 2.75) is 33.2 Å². The van der Waals surface area contributed by atoms with Gasteiger partial charge in [-0.25, -0.2) is 13.9 Å². The Morgan fingerprint density at radius 3 is 2.72 bits per heavy atom. The molecule has 2 heterocycles. The molecule has 1 aromatic carbocycles. The van der Waals surface area contributed by atoms with Crippen LogP contribution in [0.1, 0.15) is 40.5 Å². The standard InChI is InChI=1S/C18H19FN4O2/c1-3-4-14-11(2)22-16-15(10-21-23(16)18(14)25)17(24)20-9-12-5-7-13(19)8-6-12/h5-8,10,21H,3-4,9H2,1-2H3,(H,20,24). The van der Waals surface area contributed by atoms with E-state index < -0.39 is 0 Å². The van der Waals surface area contributed by atoms with Gasteiger partial charge in [0.25, 0.3) is 11.5 Å². The first-order valence-electron chi connectivity index (χ1n) is 8.13. The average molecular weight is 342 g/mol. The molecule has 3 aromatic rings. The van der Waals surface area contributed by atoms with Gasteiger partial charge in [0.2, 0.25) is 0 Å². The summed E-state index contributed by atoms with van der Waals surface area (Å²) in [6.45, 7) is 4.03. The van der Waals surface area contributed by atoms with E-state index in [9.17, 15) is 14.0 Å². The highest BCUT2D eigenvalue weighted by atomic mass is 19.1. The second-order valence-corrected chi connectivity index (χ2v) is 5.89. The normalized spacial score (nSPS) is 11.0. The van der Waals surface area contributed by atoms with Crippen molar-refractivity contribution in [2.75, 3.05) is 0 Å². The van der Waals surface area contributed by atoms with E-state index in [0.717, 1.165) is 12.0 Å². The third-order valence-electron chi connectivity index (χ3n) is 4.07. The molecule has 0 aliphatic rings. The molecule has 0 radical (unpaired) electrons. The molecule has 0 saturated heterocycles. The van der Waals surface area contributed by atoms with Gasteiger partial charge >= 0.3 is 0 Å². The van der Waals surface area contributed by atoms with Crippen LogP contribution < -0.4 is 10.9 Å². The molecule has 0 spiro atoms. The average Bonchev–Trinajstić information content (AvgIpc) is 3.02. The van der Waals surface area contributed by atoms with Gasteiger partial charge in [0, 0.05) is 24.0 Å². The van der Waals surface area contributed by atoms with Crippen molar-refractivity contribution in [1.29, 1.82) is 0 Å².